The van der Waals surface area contributed by atoms with E-state index in [0.29, 0.717) is 44.3 Å². The molecule has 3 aliphatic rings. The van der Waals surface area contributed by atoms with E-state index < -0.39 is 56.4 Å². The molecule has 258 valence electrons. The molecule has 2 amide bonds. The van der Waals surface area contributed by atoms with E-state index in [1.807, 2.05) is 13.8 Å². The predicted octanol–water partition coefficient (Wildman–Crippen LogP) is 5.00. The molecule has 2 aromatic rings. The predicted molar refractivity (Wildman–Crippen MR) is 175 cm³/mol. The smallest absolute Gasteiger partial charge is 0.405 e. The molecule has 0 spiro atoms. The van der Waals surface area contributed by atoms with Crippen molar-refractivity contribution in [3.63, 3.8) is 0 Å². The van der Waals surface area contributed by atoms with Crippen LogP contribution in [0, 0.1) is 17.6 Å². The summed E-state index contributed by atoms with van der Waals surface area (Å²) in [4.78, 5) is 26.2. The molecule has 3 saturated heterocycles. The summed E-state index contributed by atoms with van der Waals surface area (Å²) < 4.78 is 63.1. The molecule has 47 heavy (non-hydrogen) atoms. The number of anilines is 1. The summed E-state index contributed by atoms with van der Waals surface area (Å²) in [6, 6.07) is 8.34. The van der Waals surface area contributed by atoms with E-state index in [2.05, 4.69) is 16.0 Å². The minimum Gasteiger partial charge on any atom is -0.465 e. The van der Waals surface area contributed by atoms with Gasteiger partial charge in [0.25, 0.3) is 0 Å². The van der Waals surface area contributed by atoms with Gasteiger partial charge in [-0.25, -0.2) is 22.0 Å². The van der Waals surface area contributed by atoms with Crippen molar-refractivity contribution in [1.29, 1.82) is 0 Å². The molecular formula is C34H46F2N4O6S. The van der Waals surface area contributed by atoms with Crippen molar-refractivity contribution in [2.45, 2.75) is 107 Å². The molecule has 2 bridgehead atoms. The molecule has 0 saturated carbocycles. The lowest BCUT2D eigenvalue weighted by Crippen LogP contribution is -2.58. The Hall–Kier alpha value is -3.13. The quantitative estimate of drug-likeness (QED) is 0.293. The third-order valence-corrected chi connectivity index (χ3v) is 12.7. The Labute approximate surface area is 275 Å². The number of amides is 2. The Bertz CT molecular complexity index is 1550. The Morgan fingerprint density at radius 3 is 2.45 bits per heavy atom. The number of ether oxygens (including phenoxy) is 1. The van der Waals surface area contributed by atoms with Gasteiger partial charge in [-0.05, 0) is 102 Å². The Kier molecular flexibility index (Phi) is 10.6. The lowest BCUT2D eigenvalue weighted by molar-refractivity contribution is -0.120. The Morgan fingerprint density at radius 1 is 1.11 bits per heavy atom. The molecule has 5 rings (SSSR count). The zero-order valence-corrected chi connectivity index (χ0v) is 28.2. The van der Waals surface area contributed by atoms with Crippen molar-refractivity contribution < 1.29 is 36.6 Å². The molecule has 8 atom stereocenters. The largest absolute Gasteiger partial charge is 0.465 e. The first-order valence-corrected chi connectivity index (χ1v) is 17.8. The van der Waals surface area contributed by atoms with Crippen molar-refractivity contribution >= 4 is 27.7 Å². The summed E-state index contributed by atoms with van der Waals surface area (Å²) in [6.07, 6.45) is 1.14. The van der Waals surface area contributed by atoms with E-state index in [-0.39, 0.29) is 41.8 Å². The van der Waals surface area contributed by atoms with Crippen molar-refractivity contribution in [2.24, 2.45) is 5.92 Å². The summed E-state index contributed by atoms with van der Waals surface area (Å²) >= 11 is 0. The number of benzene rings is 2. The minimum atomic E-state index is -3.61. The van der Waals surface area contributed by atoms with Crippen LogP contribution >= 0.6 is 0 Å². The topological polar surface area (TPSA) is 137 Å². The van der Waals surface area contributed by atoms with Gasteiger partial charge in [0.1, 0.15) is 17.7 Å². The third-order valence-electron chi connectivity index (χ3n) is 10.1. The van der Waals surface area contributed by atoms with Crippen LogP contribution in [0.5, 0.6) is 0 Å². The maximum atomic E-state index is 15.4. The summed E-state index contributed by atoms with van der Waals surface area (Å²) in [7, 11) is -3.61. The van der Waals surface area contributed by atoms with Crippen LogP contribution < -0.4 is 16.0 Å². The van der Waals surface area contributed by atoms with Gasteiger partial charge in [-0.1, -0.05) is 18.2 Å². The van der Waals surface area contributed by atoms with Gasteiger partial charge in [0.05, 0.1) is 17.0 Å². The van der Waals surface area contributed by atoms with Crippen molar-refractivity contribution in [2.75, 3.05) is 18.4 Å². The number of rotatable bonds is 9. The van der Waals surface area contributed by atoms with Crippen LogP contribution in [0.25, 0.3) is 0 Å². The van der Waals surface area contributed by atoms with E-state index in [1.165, 1.54) is 24.3 Å². The molecule has 0 aliphatic carbocycles. The van der Waals surface area contributed by atoms with Crippen LogP contribution in [0.15, 0.2) is 42.5 Å². The van der Waals surface area contributed by atoms with Crippen LogP contribution in [-0.2, 0) is 26.0 Å². The maximum absolute atomic E-state index is 15.4. The Morgan fingerprint density at radius 2 is 1.79 bits per heavy atom. The van der Waals surface area contributed by atoms with E-state index in [9.17, 15) is 27.5 Å². The van der Waals surface area contributed by atoms with Crippen LogP contribution in [0.3, 0.4) is 0 Å². The lowest BCUT2D eigenvalue weighted by atomic mass is 9.74. The van der Waals surface area contributed by atoms with Gasteiger partial charge < -0.3 is 25.8 Å². The molecule has 4 N–H and O–H groups in total. The van der Waals surface area contributed by atoms with Crippen molar-refractivity contribution in [3.05, 3.63) is 65.2 Å². The highest BCUT2D eigenvalue weighted by Gasteiger charge is 2.47. The summed E-state index contributed by atoms with van der Waals surface area (Å²) in [5.74, 6) is -2.56. The number of carbonyl (C=O) groups excluding carboxylic acids is 1. The average molecular weight is 677 g/mol. The first kappa shape index (κ1) is 35.2. The van der Waals surface area contributed by atoms with Crippen molar-refractivity contribution in [1.82, 2.24) is 14.9 Å². The number of carbonyl (C=O) groups is 2. The van der Waals surface area contributed by atoms with E-state index in [1.54, 1.807) is 36.4 Å². The first-order chi connectivity index (χ1) is 22.2. The van der Waals surface area contributed by atoms with E-state index in [0.717, 1.165) is 6.42 Å². The number of nitrogens with zero attached hydrogens (tertiary/aromatic N) is 1. The first-order valence-electron chi connectivity index (χ1n) is 16.4. The number of fused-ring (bicyclic) bond motifs is 2. The average Bonchev–Trinajstić information content (AvgIpc) is 3.06. The number of sulfonamides is 1. The number of hydrogen-bond donors (Lipinski definition) is 4. The molecule has 3 heterocycles. The molecule has 2 aromatic carbocycles. The molecule has 3 aliphatic heterocycles. The molecule has 10 nitrogen and oxygen atoms in total. The second kappa shape index (κ2) is 14.2. The zero-order valence-electron chi connectivity index (χ0n) is 27.3. The molecule has 0 aromatic heterocycles. The van der Waals surface area contributed by atoms with Gasteiger partial charge in [0, 0.05) is 42.3 Å². The SMILES string of the molecule is C[C@@H]1CC([C@H](c2ccc(F)cc2)[C@H](NC(=O)O)C(=O)Nc2cccc(F)c2CC[C@H]2CN[C@@H]3CCC(C)(C)S(=O)(=O)N2C3)C[C@H](C)O1. The zero-order chi connectivity index (χ0) is 34.1. The van der Waals surface area contributed by atoms with Gasteiger partial charge >= 0.3 is 6.09 Å². The second-order valence-electron chi connectivity index (χ2n) is 13.9. The minimum absolute atomic E-state index is 0.0561. The number of carboxylic acid groups (broad SMARTS) is 1. The highest BCUT2D eigenvalue weighted by Crippen LogP contribution is 2.40. The third kappa shape index (κ3) is 7.79. The summed E-state index contributed by atoms with van der Waals surface area (Å²) in [6.45, 7) is 8.11. The highest BCUT2D eigenvalue weighted by molar-refractivity contribution is 7.90. The molecule has 3 fully saturated rings. The summed E-state index contributed by atoms with van der Waals surface area (Å²) in [5.41, 5.74) is 0.977. The van der Waals surface area contributed by atoms with Crippen LogP contribution in [0.4, 0.5) is 19.3 Å². The highest BCUT2D eigenvalue weighted by atomic mass is 32.2. The molecule has 2 unspecified atom stereocenters. The van der Waals surface area contributed by atoms with Gasteiger partial charge in [-0.2, -0.15) is 4.31 Å². The standard InChI is InChI=1S/C34H46F2N4O6S/c1-20-16-23(17-21(2)46-20)30(22-8-10-24(35)11-9-22)31(39-33(42)43)32(41)38-29-7-5-6-28(36)27(29)13-12-26-18-37-25-14-15-34(3,4)47(44,45)40(26)19-25/h5-11,20-21,23,25-26,30-31,37,39H,12-19H2,1-4H3,(H,38,41)(H,42,43)/t20-,21+,23?,25-,26+,30+,31+/m1/s1. The van der Waals surface area contributed by atoms with Gasteiger partial charge in [0.15, 0.2) is 0 Å². The normalized spacial score (nSPS) is 29.6. The van der Waals surface area contributed by atoms with E-state index in [4.69, 9.17) is 4.74 Å². The van der Waals surface area contributed by atoms with Crippen LogP contribution in [0.2, 0.25) is 0 Å². The van der Waals surface area contributed by atoms with Crippen LogP contribution in [0.1, 0.15) is 76.8 Å². The van der Waals surface area contributed by atoms with Crippen LogP contribution in [-0.4, -0.2) is 78.0 Å². The lowest BCUT2D eigenvalue weighted by Gasteiger charge is -2.40. The maximum Gasteiger partial charge on any atom is 0.405 e. The molecular weight excluding hydrogens is 630 g/mol. The summed E-state index contributed by atoms with van der Waals surface area (Å²) in [5, 5.41) is 18.5. The second-order valence-corrected chi connectivity index (χ2v) is 16.4. The van der Waals surface area contributed by atoms with Gasteiger partial charge in [-0.15, -0.1) is 0 Å². The molecule has 0 radical (unpaired) electrons. The number of piperazine rings is 1. The number of hydrogen-bond acceptors (Lipinski definition) is 6. The molecule has 13 heteroatoms. The monoisotopic (exact) mass is 676 g/mol. The fourth-order valence-electron chi connectivity index (χ4n) is 7.61. The van der Waals surface area contributed by atoms with Crippen molar-refractivity contribution in [3.8, 4) is 0 Å². The number of halogens is 2. The van der Waals surface area contributed by atoms with E-state index >= 15 is 4.39 Å². The van der Waals surface area contributed by atoms with Gasteiger partial charge in [-0.3, -0.25) is 4.79 Å². The fraction of sp³-hybridized carbons (Fsp3) is 0.588. The number of nitrogens with one attached hydrogen (secondary N) is 3. The fourth-order valence-corrected chi connectivity index (χ4v) is 9.57. The Balaban J connectivity index is 1.42. The van der Waals surface area contributed by atoms with Gasteiger partial charge in [0.2, 0.25) is 15.9 Å².